The van der Waals surface area contributed by atoms with E-state index in [2.05, 4.69) is 10.6 Å². The number of cyclic esters (lactones) is 1. The summed E-state index contributed by atoms with van der Waals surface area (Å²) >= 11 is 0. The molecule has 2 saturated heterocycles. The maximum Gasteiger partial charge on any atom is 0.407 e. The third kappa shape index (κ3) is 3.58. The number of nitrogens with one attached hydrogen (secondary N) is 2. The molecule has 7 nitrogen and oxygen atoms in total. The normalized spacial score (nSPS) is 24.9. The van der Waals surface area contributed by atoms with Gasteiger partial charge in [0.25, 0.3) is 0 Å². The SMILES string of the molecule is NC(=O)CN(CC1CNC(=O)O1)C1CCNCC1. The lowest BCUT2D eigenvalue weighted by molar-refractivity contribution is -0.120. The molecule has 0 spiro atoms. The fraction of sp³-hybridized carbons (Fsp3) is 0.818. The number of hydrogen-bond donors (Lipinski definition) is 3. The first-order valence-electron chi connectivity index (χ1n) is 6.32. The van der Waals surface area contributed by atoms with Gasteiger partial charge in [-0.3, -0.25) is 9.69 Å². The van der Waals surface area contributed by atoms with Crippen molar-refractivity contribution in [2.24, 2.45) is 5.73 Å². The van der Waals surface area contributed by atoms with Crippen LogP contribution in [0.4, 0.5) is 4.79 Å². The first-order valence-corrected chi connectivity index (χ1v) is 6.32. The van der Waals surface area contributed by atoms with Gasteiger partial charge in [0.15, 0.2) is 0 Å². The van der Waals surface area contributed by atoms with E-state index >= 15 is 0 Å². The van der Waals surface area contributed by atoms with Crippen molar-refractivity contribution < 1.29 is 14.3 Å². The minimum Gasteiger partial charge on any atom is -0.443 e. The molecule has 0 aliphatic carbocycles. The molecular formula is C11H20N4O3. The zero-order chi connectivity index (χ0) is 13.0. The third-order valence-corrected chi connectivity index (χ3v) is 3.37. The van der Waals surface area contributed by atoms with E-state index in [1.807, 2.05) is 4.90 Å². The largest absolute Gasteiger partial charge is 0.443 e. The second kappa shape index (κ2) is 6.01. The lowest BCUT2D eigenvalue weighted by Gasteiger charge is -2.34. The van der Waals surface area contributed by atoms with E-state index in [4.69, 9.17) is 10.5 Å². The average Bonchev–Trinajstić information content (AvgIpc) is 2.75. The molecule has 0 aromatic heterocycles. The van der Waals surface area contributed by atoms with Crippen LogP contribution in [0, 0.1) is 0 Å². The van der Waals surface area contributed by atoms with E-state index in [0.29, 0.717) is 19.1 Å². The van der Waals surface area contributed by atoms with Crippen molar-refractivity contribution in [3.05, 3.63) is 0 Å². The average molecular weight is 256 g/mol. The van der Waals surface area contributed by atoms with Gasteiger partial charge in [0, 0.05) is 12.6 Å². The Labute approximate surface area is 106 Å². The Morgan fingerprint density at radius 2 is 2.17 bits per heavy atom. The molecular weight excluding hydrogens is 236 g/mol. The molecule has 102 valence electrons. The molecule has 0 radical (unpaired) electrons. The van der Waals surface area contributed by atoms with Crippen LogP contribution in [0.25, 0.3) is 0 Å². The Kier molecular flexibility index (Phi) is 4.38. The van der Waals surface area contributed by atoms with Crippen LogP contribution in [0.2, 0.25) is 0 Å². The van der Waals surface area contributed by atoms with Crippen LogP contribution in [0.1, 0.15) is 12.8 Å². The van der Waals surface area contributed by atoms with Crippen molar-refractivity contribution >= 4 is 12.0 Å². The quantitative estimate of drug-likeness (QED) is 0.564. The summed E-state index contributed by atoms with van der Waals surface area (Å²) in [5, 5.41) is 5.90. The minimum absolute atomic E-state index is 0.188. The van der Waals surface area contributed by atoms with Gasteiger partial charge >= 0.3 is 6.09 Å². The number of amides is 2. The van der Waals surface area contributed by atoms with Gasteiger partial charge in [-0.15, -0.1) is 0 Å². The molecule has 1 atom stereocenters. The van der Waals surface area contributed by atoms with Crippen LogP contribution < -0.4 is 16.4 Å². The van der Waals surface area contributed by atoms with E-state index in [0.717, 1.165) is 25.9 Å². The molecule has 1 unspecified atom stereocenters. The van der Waals surface area contributed by atoms with Gasteiger partial charge in [0.05, 0.1) is 13.1 Å². The maximum atomic E-state index is 11.1. The van der Waals surface area contributed by atoms with E-state index in [1.165, 1.54) is 0 Å². The van der Waals surface area contributed by atoms with Gasteiger partial charge < -0.3 is 21.1 Å². The predicted molar refractivity (Wildman–Crippen MR) is 64.9 cm³/mol. The Hall–Kier alpha value is -1.34. The van der Waals surface area contributed by atoms with Crippen LogP contribution >= 0.6 is 0 Å². The van der Waals surface area contributed by atoms with Gasteiger partial charge in [-0.05, 0) is 25.9 Å². The van der Waals surface area contributed by atoms with E-state index < -0.39 is 0 Å². The highest BCUT2D eigenvalue weighted by Gasteiger charge is 2.29. The monoisotopic (exact) mass is 256 g/mol. The zero-order valence-electron chi connectivity index (χ0n) is 10.4. The van der Waals surface area contributed by atoms with Crippen molar-refractivity contribution in [3.63, 3.8) is 0 Å². The van der Waals surface area contributed by atoms with Gasteiger partial charge in [0.1, 0.15) is 6.10 Å². The summed E-state index contributed by atoms with van der Waals surface area (Å²) in [4.78, 5) is 24.1. The second-order valence-electron chi connectivity index (χ2n) is 4.79. The summed E-state index contributed by atoms with van der Waals surface area (Å²) in [6.07, 6.45) is 1.40. The topological polar surface area (TPSA) is 96.7 Å². The molecule has 2 heterocycles. The van der Waals surface area contributed by atoms with Crippen molar-refractivity contribution in [2.75, 3.05) is 32.7 Å². The Morgan fingerprint density at radius 1 is 1.44 bits per heavy atom. The lowest BCUT2D eigenvalue weighted by Crippen LogP contribution is -2.49. The number of carbonyl (C=O) groups is 2. The second-order valence-corrected chi connectivity index (χ2v) is 4.79. The van der Waals surface area contributed by atoms with Gasteiger partial charge in [-0.2, -0.15) is 0 Å². The highest BCUT2D eigenvalue weighted by atomic mass is 16.6. The van der Waals surface area contributed by atoms with Crippen molar-refractivity contribution in [3.8, 4) is 0 Å². The number of piperidine rings is 1. The fourth-order valence-corrected chi connectivity index (χ4v) is 2.51. The molecule has 0 saturated carbocycles. The van der Waals surface area contributed by atoms with Gasteiger partial charge in [-0.1, -0.05) is 0 Å². The standard InChI is InChI=1S/C11H20N4O3/c12-10(16)7-15(8-1-3-13-4-2-8)6-9-5-14-11(17)18-9/h8-9,13H,1-7H2,(H2,12,16)(H,14,17). The van der Waals surface area contributed by atoms with Gasteiger partial charge in [0.2, 0.25) is 5.91 Å². The number of carbonyl (C=O) groups excluding carboxylic acids is 2. The molecule has 4 N–H and O–H groups in total. The molecule has 7 heteroatoms. The van der Waals surface area contributed by atoms with Crippen molar-refractivity contribution in [1.29, 1.82) is 0 Å². The van der Waals surface area contributed by atoms with Crippen molar-refractivity contribution in [2.45, 2.75) is 25.0 Å². The molecule has 18 heavy (non-hydrogen) atoms. The Balaban J connectivity index is 1.91. The Bertz CT molecular complexity index is 317. The summed E-state index contributed by atoms with van der Waals surface area (Å²) in [5.74, 6) is -0.342. The van der Waals surface area contributed by atoms with E-state index in [9.17, 15) is 9.59 Å². The van der Waals surface area contributed by atoms with Crippen LogP contribution in [0.3, 0.4) is 0 Å². The summed E-state index contributed by atoms with van der Waals surface area (Å²) in [5.41, 5.74) is 5.28. The highest BCUT2D eigenvalue weighted by molar-refractivity contribution is 5.76. The predicted octanol–water partition coefficient (Wildman–Crippen LogP) is -1.37. The number of hydrogen-bond acceptors (Lipinski definition) is 5. The molecule has 2 rings (SSSR count). The molecule has 0 aromatic carbocycles. The highest BCUT2D eigenvalue weighted by Crippen LogP contribution is 2.14. The number of rotatable bonds is 5. The fourth-order valence-electron chi connectivity index (χ4n) is 2.51. The van der Waals surface area contributed by atoms with Gasteiger partial charge in [-0.25, -0.2) is 4.79 Å². The van der Waals surface area contributed by atoms with E-state index in [1.54, 1.807) is 0 Å². The molecule has 2 amide bonds. The summed E-state index contributed by atoms with van der Waals surface area (Å²) in [6.45, 7) is 3.18. The third-order valence-electron chi connectivity index (χ3n) is 3.37. The zero-order valence-corrected chi connectivity index (χ0v) is 10.4. The minimum atomic E-state index is -0.385. The summed E-state index contributed by atoms with van der Waals surface area (Å²) < 4.78 is 5.10. The first-order chi connectivity index (χ1) is 8.65. The maximum absolute atomic E-state index is 11.1. The number of nitrogens with two attached hydrogens (primary N) is 1. The number of primary amides is 1. The lowest BCUT2D eigenvalue weighted by atomic mass is 10.0. The van der Waals surface area contributed by atoms with Crippen LogP contribution in [-0.4, -0.2) is 61.8 Å². The number of alkyl carbamates (subject to hydrolysis) is 1. The molecule has 0 aromatic rings. The molecule has 0 bridgehead atoms. The first kappa shape index (κ1) is 13.1. The molecule has 2 fully saturated rings. The molecule has 2 aliphatic rings. The summed E-state index contributed by atoms with van der Waals surface area (Å²) in [7, 11) is 0. The van der Waals surface area contributed by atoms with E-state index in [-0.39, 0.29) is 24.6 Å². The van der Waals surface area contributed by atoms with Crippen molar-refractivity contribution in [1.82, 2.24) is 15.5 Å². The van der Waals surface area contributed by atoms with Crippen LogP contribution in [0.5, 0.6) is 0 Å². The number of nitrogens with zero attached hydrogens (tertiary/aromatic N) is 1. The van der Waals surface area contributed by atoms with Crippen LogP contribution in [-0.2, 0) is 9.53 Å². The molecule has 2 aliphatic heterocycles. The Morgan fingerprint density at radius 3 is 2.72 bits per heavy atom. The van der Waals surface area contributed by atoms with Crippen LogP contribution in [0.15, 0.2) is 0 Å². The smallest absolute Gasteiger partial charge is 0.407 e. The number of ether oxygens (including phenoxy) is 1. The summed E-state index contributed by atoms with van der Waals surface area (Å²) in [6, 6.07) is 0.332.